The van der Waals surface area contributed by atoms with Crippen LogP contribution in [-0.4, -0.2) is 29.7 Å². The number of aromatic nitrogens is 1. The number of fused-ring (bicyclic) bond motifs is 1. The number of benzene rings is 1. The van der Waals surface area contributed by atoms with Gasteiger partial charge in [0.05, 0.1) is 13.1 Å². The van der Waals surface area contributed by atoms with E-state index in [-0.39, 0.29) is 12.4 Å². The maximum Gasteiger partial charge on any atom is 0.124 e. The number of hydrogen-bond donors (Lipinski definition) is 2. The predicted octanol–water partition coefficient (Wildman–Crippen LogP) is -1.70. The molecule has 1 aliphatic heterocycles. The van der Waals surface area contributed by atoms with E-state index in [4.69, 9.17) is 0 Å². The molecule has 1 fully saturated rings. The number of quaternary nitrogens is 1. The molecule has 0 amide bonds. The molecule has 1 saturated heterocycles. The molecule has 1 aromatic heterocycles. The molecule has 0 spiro atoms. The monoisotopic (exact) mass is 268 g/mol. The van der Waals surface area contributed by atoms with Crippen molar-refractivity contribution in [1.82, 2.24) is 4.98 Å². The van der Waals surface area contributed by atoms with Crippen molar-refractivity contribution in [3.05, 3.63) is 36.0 Å². The van der Waals surface area contributed by atoms with Crippen LogP contribution in [0.4, 0.5) is 0 Å². The largest absolute Gasteiger partial charge is 1.00 e. The molecule has 1 aliphatic rings. The molecular formula is C13H17ClN2S. The third-order valence-corrected chi connectivity index (χ3v) is 4.43. The van der Waals surface area contributed by atoms with Crippen molar-refractivity contribution in [2.24, 2.45) is 0 Å². The predicted molar refractivity (Wildman–Crippen MR) is 70.0 cm³/mol. The molecule has 3 rings (SSSR count). The van der Waals surface area contributed by atoms with E-state index in [2.05, 4.69) is 47.2 Å². The minimum absolute atomic E-state index is 0. The Morgan fingerprint density at radius 3 is 3.00 bits per heavy atom. The van der Waals surface area contributed by atoms with Gasteiger partial charge in [-0.2, -0.15) is 0 Å². The molecule has 17 heavy (non-hydrogen) atoms. The standard InChI is InChI=1S/C13H16N2S.ClH/c1-2-4-13-12(3-1)11(9-14-13)5-6-15-7-8-16-10-15;/h1-4,9,14H,5-8,10H2;1H. The summed E-state index contributed by atoms with van der Waals surface area (Å²) in [5, 5.41) is 1.40. The van der Waals surface area contributed by atoms with Crippen molar-refractivity contribution >= 4 is 22.7 Å². The summed E-state index contributed by atoms with van der Waals surface area (Å²) < 4.78 is 0. The maximum absolute atomic E-state index is 3.35. The van der Waals surface area contributed by atoms with E-state index in [1.807, 2.05) is 0 Å². The van der Waals surface area contributed by atoms with Crippen molar-refractivity contribution < 1.29 is 17.3 Å². The van der Waals surface area contributed by atoms with Crippen LogP contribution >= 0.6 is 11.8 Å². The van der Waals surface area contributed by atoms with Gasteiger partial charge in [-0.05, 0) is 11.6 Å². The third kappa shape index (κ3) is 2.79. The summed E-state index contributed by atoms with van der Waals surface area (Å²) in [5.74, 6) is 2.63. The van der Waals surface area contributed by atoms with Crippen LogP contribution in [-0.2, 0) is 6.42 Å². The molecular weight excluding hydrogens is 252 g/mol. The first kappa shape index (κ1) is 12.8. The van der Waals surface area contributed by atoms with Crippen LogP contribution in [0.15, 0.2) is 30.5 Å². The summed E-state index contributed by atoms with van der Waals surface area (Å²) in [6.45, 7) is 2.61. The number of halogens is 1. The van der Waals surface area contributed by atoms with Gasteiger partial charge in [-0.1, -0.05) is 30.0 Å². The maximum atomic E-state index is 3.35. The Morgan fingerprint density at radius 2 is 2.18 bits per heavy atom. The van der Waals surface area contributed by atoms with Crippen LogP contribution in [0.3, 0.4) is 0 Å². The number of rotatable bonds is 3. The van der Waals surface area contributed by atoms with Crippen molar-refractivity contribution in [3.8, 4) is 0 Å². The summed E-state index contributed by atoms with van der Waals surface area (Å²) in [5.41, 5.74) is 2.74. The van der Waals surface area contributed by atoms with Gasteiger partial charge in [-0.25, -0.2) is 0 Å². The molecule has 1 atom stereocenters. The normalized spacial score (nSPS) is 19.4. The fourth-order valence-corrected chi connectivity index (χ4v) is 3.51. The van der Waals surface area contributed by atoms with Gasteiger partial charge in [0.2, 0.25) is 0 Å². The van der Waals surface area contributed by atoms with Gasteiger partial charge in [0.25, 0.3) is 0 Å². The van der Waals surface area contributed by atoms with E-state index < -0.39 is 0 Å². The summed E-state index contributed by atoms with van der Waals surface area (Å²) >= 11 is 2.08. The zero-order chi connectivity index (χ0) is 10.8. The Hall–Kier alpha value is -0.640. The van der Waals surface area contributed by atoms with Crippen LogP contribution in [0.2, 0.25) is 0 Å². The highest BCUT2D eigenvalue weighted by Crippen LogP contribution is 2.17. The van der Waals surface area contributed by atoms with Gasteiger partial charge >= 0.3 is 0 Å². The number of nitrogens with one attached hydrogen (secondary N) is 2. The summed E-state index contributed by atoms with van der Waals surface area (Å²) in [4.78, 5) is 5.09. The zero-order valence-corrected chi connectivity index (χ0v) is 11.3. The lowest BCUT2D eigenvalue weighted by atomic mass is 10.1. The SMILES string of the molecule is [Cl-].c1ccc2c(CC[NH+]3CCSC3)c[nH]c2c1. The fraction of sp³-hybridized carbons (Fsp3) is 0.385. The third-order valence-electron chi connectivity index (χ3n) is 3.33. The lowest BCUT2D eigenvalue weighted by molar-refractivity contribution is -0.879. The van der Waals surface area contributed by atoms with Crippen molar-refractivity contribution in [3.63, 3.8) is 0 Å². The first-order chi connectivity index (χ1) is 7.93. The molecule has 2 heterocycles. The van der Waals surface area contributed by atoms with Crippen LogP contribution in [0.25, 0.3) is 10.9 Å². The van der Waals surface area contributed by atoms with Crippen LogP contribution in [0.1, 0.15) is 5.56 Å². The fourth-order valence-electron chi connectivity index (χ4n) is 2.35. The zero-order valence-electron chi connectivity index (χ0n) is 9.71. The molecule has 92 valence electrons. The van der Waals surface area contributed by atoms with Gasteiger partial charge in [0.15, 0.2) is 0 Å². The quantitative estimate of drug-likeness (QED) is 0.680. The summed E-state index contributed by atoms with van der Waals surface area (Å²) in [7, 11) is 0. The molecule has 0 aliphatic carbocycles. The van der Waals surface area contributed by atoms with Crippen molar-refractivity contribution in [2.45, 2.75) is 6.42 Å². The lowest BCUT2D eigenvalue weighted by Crippen LogP contribution is -3.10. The average molecular weight is 269 g/mol. The Kier molecular flexibility index (Phi) is 4.37. The van der Waals surface area contributed by atoms with Crippen LogP contribution < -0.4 is 17.3 Å². The number of para-hydroxylation sites is 1. The van der Waals surface area contributed by atoms with E-state index >= 15 is 0 Å². The molecule has 2 N–H and O–H groups in total. The van der Waals surface area contributed by atoms with Gasteiger partial charge in [0.1, 0.15) is 5.88 Å². The summed E-state index contributed by atoms with van der Waals surface area (Å²) in [6.07, 6.45) is 3.37. The van der Waals surface area contributed by atoms with Crippen LogP contribution in [0.5, 0.6) is 0 Å². The number of H-pyrrole nitrogens is 1. The highest BCUT2D eigenvalue weighted by atomic mass is 35.5. The molecule has 0 saturated carbocycles. The molecule has 0 radical (unpaired) electrons. The van der Waals surface area contributed by atoms with E-state index in [1.54, 1.807) is 4.90 Å². The van der Waals surface area contributed by atoms with E-state index in [0.29, 0.717) is 0 Å². The Morgan fingerprint density at radius 1 is 1.29 bits per heavy atom. The number of hydrogen-bond acceptors (Lipinski definition) is 1. The Bertz CT molecular complexity index is 477. The topological polar surface area (TPSA) is 20.2 Å². The Labute approximate surface area is 112 Å². The second-order valence-corrected chi connectivity index (χ2v) is 5.52. The second kappa shape index (κ2) is 5.80. The van der Waals surface area contributed by atoms with Gasteiger partial charge in [0, 0.05) is 29.3 Å². The van der Waals surface area contributed by atoms with Gasteiger partial charge in [-0.3, -0.25) is 0 Å². The first-order valence-corrected chi connectivity index (χ1v) is 7.05. The number of thioether (sulfide) groups is 1. The van der Waals surface area contributed by atoms with Gasteiger partial charge in [-0.15, -0.1) is 0 Å². The minimum atomic E-state index is 0. The highest BCUT2D eigenvalue weighted by Gasteiger charge is 2.15. The highest BCUT2D eigenvalue weighted by molar-refractivity contribution is 7.99. The molecule has 1 unspecified atom stereocenters. The minimum Gasteiger partial charge on any atom is -1.00 e. The number of aromatic amines is 1. The Balaban J connectivity index is 0.00000108. The smallest absolute Gasteiger partial charge is 0.124 e. The molecule has 4 heteroatoms. The van der Waals surface area contributed by atoms with E-state index in [1.165, 1.54) is 47.6 Å². The lowest BCUT2D eigenvalue weighted by Gasteiger charge is -2.10. The molecule has 0 bridgehead atoms. The van der Waals surface area contributed by atoms with E-state index in [0.717, 1.165) is 0 Å². The first-order valence-electron chi connectivity index (χ1n) is 5.90. The second-order valence-electron chi connectivity index (χ2n) is 4.41. The average Bonchev–Trinajstić information content (AvgIpc) is 2.96. The van der Waals surface area contributed by atoms with Crippen molar-refractivity contribution in [2.75, 3.05) is 24.7 Å². The van der Waals surface area contributed by atoms with Crippen LogP contribution in [0, 0.1) is 0 Å². The van der Waals surface area contributed by atoms with Gasteiger partial charge < -0.3 is 22.3 Å². The molecule has 2 aromatic rings. The van der Waals surface area contributed by atoms with Crippen molar-refractivity contribution in [1.29, 1.82) is 0 Å². The molecule has 2 nitrogen and oxygen atoms in total. The van der Waals surface area contributed by atoms with E-state index in [9.17, 15) is 0 Å². The summed E-state index contributed by atoms with van der Waals surface area (Å²) in [6, 6.07) is 8.58. The molecule has 1 aromatic carbocycles.